The molecule has 29 heavy (non-hydrogen) atoms. The molecular formula is C22H22N2O3S2. The minimum atomic E-state index is -3.60. The Morgan fingerprint density at radius 1 is 1.07 bits per heavy atom. The van der Waals surface area contributed by atoms with E-state index >= 15 is 0 Å². The highest BCUT2D eigenvalue weighted by Gasteiger charge is 2.30. The molecule has 4 rings (SSSR count). The van der Waals surface area contributed by atoms with Crippen LogP contribution in [0.1, 0.15) is 33.5 Å². The van der Waals surface area contributed by atoms with Crippen LogP contribution in [0.5, 0.6) is 0 Å². The zero-order valence-electron chi connectivity index (χ0n) is 16.3. The standard InChI is InChI=1S/C22H22N2O3S2/c1-15-11-16(2)13-18(12-15)22(25)23-19-8-7-17-5-3-9-24(20(17)14-19)29(26,27)21-6-4-10-28-21/h4,6-8,10-14H,3,5,9H2,1-2H3,(H,23,25). The van der Waals surface area contributed by atoms with E-state index in [-0.39, 0.29) is 5.91 Å². The van der Waals surface area contributed by atoms with Crippen LogP contribution >= 0.6 is 11.3 Å². The molecule has 0 saturated carbocycles. The number of rotatable bonds is 4. The first-order valence-corrected chi connectivity index (χ1v) is 11.8. The lowest BCUT2D eigenvalue weighted by molar-refractivity contribution is 0.102. The van der Waals surface area contributed by atoms with Crippen molar-refractivity contribution in [3.63, 3.8) is 0 Å². The van der Waals surface area contributed by atoms with E-state index in [2.05, 4.69) is 5.32 Å². The van der Waals surface area contributed by atoms with E-state index in [9.17, 15) is 13.2 Å². The van der Waals surface area contributed by atoms with Crippen LogP contribution in [0, 0.1) is 13.8 Å². The molecule has 0 fully saturated rings. The minimum absolute atomic E-state index is 0.208. The van der Waals surface area contributed by atoms with Crippen molar-refractivity contribution in [3.8, 4) is 0 Å². The smallest absolute Gasteiger partial charge is 0.273 e. The molecule has 0 aliphatic carbocycles. The third-order valence-corrected chi connectivity index (χ3v) is 8.13. The van der Waals surface area contributed by atoms with Crippen molar-refractivity contribution >= 4 is 38.6 Å². The van der Waals surface area contributed by atoms with Gasteiger partial charge in [0.2, 0.25) is 0 Å². The van der Waals surface area contributed by atoms with E-state index in [4.69, 9.17) is 0 Å². The Labute approximate surface area is 175 Å². The summed E-state index contributed by atoms with van der Waals surface area (Å²) in [4.78, 5) is 12.7. The average molecular weight is 427 g/mol. The van der Waals surface area contributed by atoms with Gasteiger partial charge in [0.05, 0.1) is 5.69 Å². The van der Waals surface area contributed by atoms with E-state index in [1.54, 1.807) is 23.6 Å². The molecule has 2 heterocycles. The van der Waals surface area contributed by atoms with E-state index in [1.807, 2.05) is 44.2 Å². The van der Waals surface area contributed by atoms with Gasteiger partial charge in [0.1, 0.15) is 4.21 Å². The van der Waals surface area contributed by atoms with Crippen LogP contribution in [0.2, 0.25) is 0 Å². The van der Waals surface area contributed by atoms with Gasteiger partial charge in [0.15, 0.2) is 0 Å². The monoisotopic (exact) mass is 426 g/mol. The van der Waals surface area contributed by atoms with Gasteiger partial charge in [-0.05, 0) is 68.0 Å². The molecule has 150 valence electrons. The van der Waals surface area contributed by atoms with Crippen molar-refractivity contribution < 1.29 is 13.2 Å². The minimum Gasteiger partial charge on any atom is -0.322 e. The number of anilines is 2. The van der Waals surface area contributed by atoms with Gasteiger partial charge in [-0.25, -0.2) is 8.42 Å². The van der Waals surface area contributed by atoms with Gasteiger partial charge < -0.3 is 5.32 Å². The fourth-order valence-corrected chi connectivity index (χ4v) is 6.33. The second-order valence-electron chi connectivity index (χ2n) is 7.29. The number of hydrogen-bond donors (Lipinski definition) is 1. The highest BCUT2D eigenvalue weighted by atomic mass is 32.2. The number of sulfonamides is 1. The molecule has 7 heteroatoms. The Bertz CT molecular complexity index is 1150. The van der Waals surface area contributed by atoms with Gasteiger partial charge in [-0.2, -0.15) is 0 Å². The number of amides is 1. The molecule has 0 radical (unpaired) electrons. The number of fused-ring (bicyclic) bond motifs is 1. The Morgan fingerprint density at radius 2 is 1.83 bits per heavy atom. The van der Waals surface area contributed by atoms with E-state index in [0.29, 0.717) is 27.7 Å². The molecule has 1 aliphatic rings. The lowest BCUT2D eigenvalue weighted by Crippen LogP contribution is -2.35. The molecule has 1 aromatic heterocycles. The van der Waals surface area contributed by atoms with Gasteiger partial charge in [-0.15, -0.1) is 11.3 Å². The van der Waals surface area contributed by atoms with E-state index in [1.165, 1.54) is 15.6 Å². The first kappa shape index (κ1) is 19.7. The van der Waals surface area contributed by atoms with Gasteiger partial charge in [-0.1, -0.05) is 29.3 Å². The molecule has 2 aromatic carbocycles. The van der Waals surface area contributed by atoms with Crippen LogP contribution in [0.15, 0.2) is 58.1 Å². The summed E-state index contributed by atoms with van der Waals surface area (Å²) in [5.41, 5.74) is 4.83. The number of hydrogen-bond acceptors (Lipinski definition) is 4. The molecule has 1 aliphatic heterocycles. The first-order chi connectivity index (χ1) is 13.8. The Balaban J connectivity index is 1.66. The van der Waals surface area contributed by atoms with Crippen molar-refractivity contribution in [2.75, 3.05) is 16.2 Å². The molecule has 3 aromatic rings. The maximum atomic E-state index is 13.1. The van der Waals surface area contributed by atoms with Crippen LogP contribution in [0.4, 0.5) is 11.4 Å². The lowest BCUT2D eigenvalue weighted by atomic mass is 10.0. The Kier molecular flexibility index (Phi) is 5.19. The molecular weight excluding hydrogens is 404 g/mol. The first-order valence-electron chi connectivity index (χ1n) is 9.43. The van der Waals surface area contributed by atoms with Crippen molar-refractivity contribution in [2.45, 2.75) is 30.9 Å². The van der Waals surface area contributed by atoms with E-state index in [0.717, 1.165) is 29.5 Å². The zero-order valence-corrected chi connectivity index (χ0v) is 17.9. The van der Waals surface area contributed by atoms with Crippen molar-refractivity contribution in [3.05, 3.63) is 76.2 Å². The number of carbonyl (C=O) groups is 1. The van der Waals surface area contributed by atoms with Gasteiger partial charge >= 0.3 is 0 Å². The number of nitrogens with one attached hydrogen (secondary N) is 1. The molecule has 0 atom stereocenters. The van der Waals surface area contributed by atoms with Crippen LogP contribution in [0.3, 0.4) is 0 Å². The van der Waals surface area contributed by atoms with Crippen LogP contribution < -0.4 is 9.62 Å². The van der Waals surface area contributed by atoms with E-state index < -0.39 is 10.0 Å². The maximum Gasteiger partial charge on any atom is 0.273 e. The normalized spacial score (nSPS) is 13.8. The third-order valence-electron chi connectivity index (χ3n) is 4.94. The topological polar surface area (TPSA) is 66.5 Å². The molecule has 0 spiro atoms. The molecule has 0 bridgehead atoms. The third kappa shape index (κ3) is 3.93. The largest absolute Gasteiger partial charge is 0.322 e. The summed E-state index contributed by atoms with van der Waals surface area (Å²) in [5, 5.41) is 4.67. The Morgan fingerprint density at radius 3 is 2.52 bits per heavy atom. The fraction of sp³-hybridized carbons (Fsp3) is 0.227. The summed E-state index contributed by atoms with van der Waals surface area (Å²) in [6.07, 6.45) is 1.59. The van der Waals surface area contributed by atoms with Gasteiger partial charge in [-0.3, -0.25) is 9.10 Å². The predicted molar refractivity (Wildman–Crippen MR) is 117 cm³/mol. The van der Waals surface area contributed by atoms with Gasteiger partial charge in [0, 0.05) is 17.8 Å². The van der Waals surface area contributed by atoms with Crippen LogP contribution in [0.25, 0.3) is 0 Å². The number of aryl methyl sites for hydroxylation is 3. The fourth-order valence-electron chi connectivity index (χ4n) is 3.70. The number of thiophene rings is 1. The summed E-state index contributed by atoms with van der Waals surface area (Å²) >= 11 is 1.21. The SMILES string of the molecule is Cc1cc(C)cc(C(=O)Nc2ccc3c(c2)N(S(=O)(=O)c2cccs2)CCC3)c1. The Hall–Kier alpha value is -2.64. The quantitative estimate of drug-likeness (QED) is 0.654. The molecule has 0 saturated heterocycles. The molecule has 1 amide bonds. The molecule has 1 N–H and O–H groups in total. The summed E-state index contributed by atoms with van der Waals surface area (Å²) < 4.78 is 28.0. The molecule has 5 nitrogen and oxygen atoms in total. The summed E-state index contributed by atoms with van der Waals surface area (Å²) in [6.45, 7) is 4.34. The van der Waals surface area contributed by atoms with Crippen LogP contribution in [-0.4, -0.2) is 20.9 Å². The lowest BCUT2D eigenvalue weighted by Gasteiger charge is -2.30. The summed E-state index contributed by atoms with van der Waals surface area (Å²) in [6, 6.07) is 14.6. The van der Waals surface area contributed by atoms with Crippen LogP contribution in [-0.2, 0) is 16.4 Å². The molecule has 0 unspecified atom stereocenters. The highest BCUT2D eigenvalue weighted by Crippen LogP contribution is 2.35. The highest BCUT2D eigenvalue weighted by molar-refractivity contribution is 7.94. The number of carbonyl (C=O) groups excluding carboxylic acids is 1. The summed E-state index contributed by atoms with van der Waals surface area (Å²) in [5.74, 6) is -0.208. The average Bonchev–Trinajstić information content (AvgIpc) is 3.22. The van der Waals surface area contributed by atoms with Gasteiger partial charge in [0.25, 0.3) is 15.9 Å². The zero-order chi connectivity index (χ0) is 20.6. The second-order valence-corrected chi connectivity index (χ2v) is 10.3. The number of benzene rings is 2. The maximum absolute atomic E-state index is 13.1. The van der Waals surface area contributed by atoms with Crippen molar-refractivity contribution in [1.82, 2.24) is 0 Å². The number of nitrogens with zero attached hydrogens (tertiary/aromatic N) is 1. The predicted octanol–water partition coefficient (Wildman–Crippen LogP) is 4.76. The van der Waals surface area contributed by atoms with Crippen molar-refractivity contribution in [2.24, 2.45) is 0 Å². The summed E-state index contributed by atoms with van der Waals surface area (Å²) in [7, 11) is -3.60. The second kappa shape index (κ2) is 7.65. The van der Waals surface area contributed by atoms with Crippen molar-refractivity contribution in [1.29, 1.82) is 0 Å².